The van der Waals surface area contributed by atoms with Crippen molar-refractivity contribution in [3.8, 4) is 0 Å². The quantitative estimate of drug-likeness (QED) is 0.161. The second-order valence-corrected chi connectivity index (χ2v) is 11.9. The molecule has 8 nitrogen and oxygen atoms in total. The topological polar surface area (TPSA) is 159 Å². The molecule has 0 spiro atoms. The van der Waals surface area contributed by atoms with Crippen molar-refractivity contribution in [1.82, 2.24) is 0 Å². The van der Waals surface area contributed by atoms with Crippen molar-refractivity contribution >= 4 is 27.4 Å². The Kier molecular flexibility index (Phi) is 11.3. The van der Waals surface area contributed by atoms with E-state index in [0.717, 1.165) is 27.8 Å². The maximum atomic E-state index is 11.7. The highest BCUT2D eigenvalue weighted by atomic mass is 32.1. The molecule has 0 aliphatic heterocycles. The molecule has 7 N–H and O–H groups in total. The lowest BCUT2D eigenvalue weighted by molar-refractivity contribution is -0.144. The molecule has 3 rings (SSSR count). The minimum atomic E-state index is -1.21. The molecule has 0 radical (unpaired) electrons. The van der Waals surface area contributed by atoms with Crippen LogP contribution in [0, 0.1) is 23.2 Å². The van der Waals surface area contributed by atoms with Gasteiger partial charge in [0.1, 0.15) is 0 Å². The predicted molar refractivity (Wildman–Crippen MR) is 142 cm³/mol. The molecule has 6 atom stereocenters. The summed E-state index contributed by atoms with van der Waals surface area (Å²) in [5.41, 5.74) is -1.21. The first-order chi connectivity index (χ1) is 17.7. The molecule has 1 saturated carbocycles. The number of rotatable bonds is 16. The van der Waals surface area contributed by atoms with Crippen LogP contribution in [0.1, 0.15) is 68.8 Å². The number of thiophene rings is 1. The summed E-state index contributed by atoms with van der Waals surface area (Å²) < 4.78 is 1.13. The maximum Gasteiger partial charge on any atom is 0.306 e. The van der Waals surface area contributed by atoms with Crippen molar-refractivity contribution in [2.24, 2.45) is 23.2 Å². The van der Waals surface area contributed by atoms with Gasteiger partial charge in [-0.05, 0) is 67.9 Å². The Hall–Kier alpha value is -1.59. The van der Waals surface area contributed by atoms with Crippen molar-refractivity contribution in [2.45, 2.75) is 76.1 Å². The lowest BCUT2D eigenvalue weighted by Crippen LogP contribution is -2.37. The van der Waals surface area contributed by atoms with Crippen LogP contribution in [-0.2, 0) is 4.79 Å². The third-order valence-electron chi connectivity index (χ3n) is 8.19. The molecular formula is C28H42O8S. The van der Waals surface area contributed by atoms with E-state index in [-0.39, 0.29) is 18.3 Å². The zero-order valence-corrected chi connectivity index (χ0v) is 22.1. The van der Waals surface area contributed by atoms with Crippen molar-refractivity contribution in [3.63, 3.8) is 0 Å². The van der Waals surface area contributed by atoms with Crippen molar-refractivity contribution in [2.75, 3.05) is 19.8 Å². The number of aliphatic hydroxyl groups is 6. The number of benzene rings is 1. The summed E-state index contributed by atoms with van der Waals surface area (Å²) in [6, 6.07) is 10.0. The van der Waals surface area contributed by atoms with Gasteiger partial charge in [0.15, 0.2) is 0 Å². The number of aliphatic hydroxyl groups excluding tert-OH is 6. The third-order valence-corrected chi connectivity index (χ3v) is 9.41. The highest BCUT2D eigenvalue weighted by Gasteiger charge is 2.41. The molecule has 1 aliphatic carbocycles. The van der Waals surface area contributed by atoms with E-state index < -0.39 is 55.4 Å². The number of fused-ring (bicyclic) bond motifs is 1. The molecule has 0 bridgehead atoms. The summed E-state index contributed by atoms with van der Waals surface area (Å²) in [5.74, 6) is -1.93. The van der Waals surface area contributed by atoms with E-state index in [0.29, 0.717) is 38.5 Å². The van der Waals surface area contributed by atoms with Crippen LogP contribution in [0.5, 0.6) is 0 Å². The third kappa shape index (κ3) is 7.72. The Morgan fingerprint density at radius 2 is 1.59 bits per heavy atom. The van der Waals surface area contributed by atoms with Crippen LogP contribution in [0.2, 0.25) is 0 Å². The first-order valence-electron chi connectivity index (χ1n) is 13.3. The minimum absolute atomic E-state index is 0.00354. The van der Waals surface area contributed by atoms with Gasteiger partial charge in [0.05, 0.1) is 44.1 Å². The summed E-state index contributed by atoms with van der Waals surface area (Å²) in [5, 5.41) is 71.1. The summed E-state index contributed by atoms with van der Waals surface area (Å²) >= 11 is 1.58. The van der Waals surface area contributed by atoms with Crippen LogP contribution in [0.25, 0.3) is 10.1 Å². The van der Waals surface area contributed by atoms with Crippen LogP contribution in [0.4, 0.5) is 0 Å². The Labute approximate surface area is 222 Å². The molecule has 2 aromatic rings. The predicted octanol–water partition coefficient (Wildman–Crippen LogP) is 3.08. The molecule has 37 heavy (non-hydrogen) atoms. The van der Waals surface area contributed by atoms with Gasteiger partial charge in [-0.25, -0.2) is 0 Å². The van der Waals surface area contributed by atoms with Gasteiger partial charge >= 0.3 is 5.97 Å². The fourth-order valence-corrected chi connectivity index (χ4v) is 6.85. The Morgan fingerprint density at radius 1 is 0.946 bits per heavy atom. The minimum Gasteiger partial charge on any atom is -0.481 e. The molecule has 1 fully saturated rings. The van der Waals surface area contributed by atoms with E-state index in [1.807, 2.05) is 30.3 Å². The summed E-state index contributed by atoms with van der Waals surface area (Å²) in [6.45, 7) is -1.44. The lowest BCUT2D eigenvalue weighted by atomic mass is 9.79. The largest absolute Gasteiger partial charge is 0.481 e. The Balaban J connectivity index is 1.47. The van der Waals surface area contributed by atoms with E-state index >= 15 is 0 Å². The molecule has 1 aliphatic rings. The highest BCUT2D eigenvalue weighted by molar-refractivity contribution is 7.19. The zero-order chi connectivity index (χ0) is 27.0. The average Bonchev–Trinajstić information content (AvgIpc) is 3.44. The number of carboxylic acid groups (broad SMARTS) is 1. The second kappa shape index (κ2) is 14.0. The first-order valence-corrected chi connectivity index (χ1v) is 14.1. The van der Waals surface area contributed by atoms with Crippen LogP contribution in [-0.4, -0.2) is 73.7 Å². The molecule has 9 heteroatoms. The number of hydrogen-bond acceptors (Lipinski definition) is 8. The van der Waals surface area contributed by atoms with Crippen LogP contribution in [0.15, 0.2) is 30.3 Å². The average molecular weight is 539 g/mol. The Morgan fingerprint density at radius 3 is 2.22 bits per heavy atom. The number of hydrogen-bond donors (Lipinski definition) is 7. The fraction of sp³-hybridized carbons (Fsp3) is 0.679. The van der Waals surface area contributed by atoms with Crippen LogP contribution >= 0.6 is 11.3 Å². The summed E-state index contributed by atoms with van der Waals surface area (Å²) in [7, 11) is 0. The molecule has 0 saturated heterocycles. The van der Waals surface area contributed by atoms with Gasteiger partial charge in [0, 0.05) is 15.0 Å². The Bertz CT molecular complexity index is 933. The molecule has 208 valence electrons. The van der Waals surface area contributed by atoms with Crippen LogP contribution < -0.4 is 0 Å². The van der Waals surface area contributed by atoms with Crippen LogP contribution in [0.3, 0.4) is 0 Å². The van der Waals surface area contributed by atoms with Gasteiger partial charge in [-0.1, -0.05) is 37.5 Å². The standard InChI is InChI=1S/C28H42O8S/c29-15-28(16-30,17-31)14-19(27(35)36)7-2-1-3-8-20-21(24(34)13-23(20)33)10-11-22(32)26-12-18-6-4-5-9-25(18)37-26/h4-6,9,12,19-24,29-34H,1-3,7-8,10-11,13-17H2,(H,35,36)/t19?,20-,21-,22?,23+,24-/m1/s1. The monoisotopic (exact) mass is 538 g/mol. The van der Waals surface area contributed by atoms with Crippen molar-refractivity contribution in [3.05, 3.63) is 35.2 Å². The van der Waals surface area contributed by atoms with E-state index in [1.54, 1.807) is 11.3 Å². The van der Waals surface area contributed by atoms with Crippen molar-refractivity contribution < 1.29 is 40.5 Å². The first kappa shape index (κ1) is 30.0. The zero-order valence-electron chi connectivity index (χ0n) is 21.3. The van der Waals surface area contributed by atoms with Gasteiger partial charge in [0.25, 0.3) is 0 Å². The molecule has 0 amide bonds. The number of unbranched alkanes of at least 4 members (excludes halogenated alkanes) is 2. The van der Waals surface area contributed by atoms with Gasteiger partial charge in [-0.3, -0.25) is 4.79 Å². The normalized spacial score (nSPS) is 23.9. The molecular weight excluding hydrogens is 496 g/mol. The van der Waals surface area contributed by atoms with Gasteiger partial charge in [-0.2, -0.15) is 0 Å². The molecule has 1 heterocycles. The fourth-order valence-electron chi connectivity index (χ4n) is 5.77. The van der Waals surface area contributed by atoms with E-state index in [2.05, 4.69) is 0 Å². The maximum absolute atomic E-state index is 11.7. The summed E-state index contributed by atoms with van der Waals surface area (Å²) in [6.07, 6.45) is 2.92. The molecule has 1 aromatic carbocycles. The number of aliphatic carboxylic acids is 1. The smallest absolute Gasteiger partial charge is 0.306 e. The van der Waals surface area contributed by atoms with E-state index in [1.165, 1.54) is 0 Å². The van der Waals surface area contributed by atoms with Crippen molar-refractivity contribution in [1.29, 1.82) is 0 Å². The summed E-state index contributed by atoms with van der Waals surface area (Å²) in [4.78, 5) is 12.6. The molecule has 2 unspecified atom stereocenters. The number of carboxylic acids is 1. The van der Waals surface area contributed by atoms with Gasteiger partial charge < -0.3 is 35.7 Å². The SMILES string of the molecule is O=C(O)C(CCCCC[C@@H]1[C@@H](CCC(O)c2cc3ccccc3s2)[C@H](O)C[C@@H]1O)CC(CO)(CO)CO. The van der Waals surface area contributed by atoms with E-state index in [9.17, 15) is 40.5 Å². The lowest BCUT2D eigenvalue weighted by Gasteiger charge is -2.30. The van der Waals surface area contributed by atoms with E-state index in [4.69, 9.17) is 0 Å². The molecule has 1 aromatic heterocycles. The van der Waals surface area contributed by atoms with Gasteiger partial charge in [0.2, 0.25) is 0 Å². The second-order valence-electron chi connectivity index (χ2n) is 10.8. The highest BCUT2D eigenvalue weighted by Crippen LogP contribution is 2.41. The number of carbonyl (C=O) groups is 1. The van der Waals surface area contributed by atoms with Gasteiger partial charge in [-0.15, -0.1) is 11.3 Å².